The SMILES string of the molecule is Cc1cccc(NC(=O)c2cc(Br)ccc2Br)c1Br. The third kappa shape index (κ3) is 3.46. The van der Waals surface area contributed by atoms with E-state index in [1.807, 2.05) is 37.3 Å². The summed E-state index contributed by atoms with van der Waals surface area (Å²) in [6, 6.07) is 11.2. The number of rotatable bonds is 2. The van der Waals surface area contributed by atoms with Gasteiger partial charge in [0.15, 0.2) is 0 Å². The van der Waals surface area contributed by atoms with Gasteiger partial charge in [0, 0.05) is 13.4 Å². The summed E-state index contributed by atoms with van der Waals surface area (Å²) >= 11 is 10.2. The van der Waals surface area contributed by atoms with Crippen molar-refractivity contribution < 1.29 is 4.79 Å². The van der Waals surface area contributed by atoms with Crippen LogP contribution in [-0.2, 0) is 0 Å². The lowest BCUT2D eigenvalue weighted by atomic mass is 10.2. The maximum Gasteiger partial charge on any atom is 0.256 e. The second kappa shape index (κ2) is 6.20. The van der Waals surface area contributed by atoms with Crippen molar-refractivity contribution in [3.8, 4) is 0 Å². The van der Waals surface area contributed by atoms with Crippen LogP contribution in [0.5, 0.6) is 0 Å². The fraction of sp³-hybridized carbons (Fsp3) is 0.0714. The first kappa shape index (κ1) is 14.8. The van der Waals surface area contributed by atoms with Crippen LogP contribution in [0.2, 0.25) is 0 Å². The van der Waals surface area contributed by atoms with Gasteiger partial charge in [0.1, 0.15) is 0 Å². The fourth-order valence-corrected chi connectivity index (χ4v) is 2.76. The van der Waals surface area contributed by atoms with Gasteiger partial charge in [0.25, 0.3) is 5.91 Å². The van der Waals surface area contributed by atoms with E-state index in [0.717, 1.165) is 24.7 Å². The van der Waals surface area contributed by atoms with Crippen LogP contribution in [0.25, 0.3) is 0 Å². The Morgan fingerprint density at radius 3 is 2.58 bits per heavy atom. The molecular weight excluding hydrogens is 438 g/mol. The minimum Gasteiger partial charge on any atom is -0.321 e. The quantitative estimate of drug-likeness (QED) is 0.643. The number of aryl methyl sites for hydroxylation is 1. The first-order chi connectivity index (χ1) is 8.99. The molecule has 2 aromatic carbocycles. The van der Waals surface area contributed by atoms with Crippen LogP contribution in [0.3, 0.4) is 0 Å². The minimum atomic E-state index is -0.153. The largest absolute Gasteiger partial charge is 0.321 e. The van der Waals surface area contributed by atoms with Crippen molar-refractivity contribution in [3.05, 3.63) is 60.9 Å². The summed E-state index contributed by atoms with van der Waals surface area (Å²) in [5.41, 5.74) is 2.42. The Kier molecular flexibility index (Phi) is 4.81. The predicted molar refractivity (Wildman–Crippen MR) is 88.7 cm³/mol. The maximum atomic E-state index is 12.3. The number of nitrogens with one attached hydrogen (secondary N) is 1. The van der Waals surface area contributed by atoms with Crippen molar-refractivity contribution in [2.75, 3.05) is 5.32 Å². The van der Waals surface area contributed by atoms with E-state index in [1.54, 1.807) is 6.07 Å². The van der Waals surface area contributed by atoms with Crippen LogP contribution >= 0.6 is 47.8 Å². The predicted octanol–water partition coefficient (Wildman–Crippen LogP) is 5.53. The zero-order valence-corrected chi connectivity index (χ0v) is 14.8. The monoisotopic (exact) mass is 445 g/mol. The molecule has 5 heteroatoms. The number of halogens is 3. The van der Waals surface area contributed by atoms with Crippen LogP contribution < -0.4 is 5.32 Å². The molecule has 0 spiro atoms. The summed E-state index contributed by atoms with van der Waals surface area (Å²) in [7, 11) is 0. The highest BCUT2D eigenvalue weighted by Gasteiger charge is 2.12. The standard InChI is InChI=1S/C14H10Br3NO/c1-8-3-2-4-12(13(8)17)18-14(19)10-7-9(15)5-6-11(10)16/h2-7H,1H3,(H,18,19). The van der Waals surface area contributed by atoms with Crippen LogP contribution in [0, 0.1) is 6.92 Å². The first-order valence-corrected chi connectivity index (χ1v) is 7.88. The van der Waals surface area contributed by atoms with Gasteiger partial charge in [-0.05, 0) is 68.6 Å². The van der Waals surface area contributed by atoms with Gasteiger partial charge in [-0.3, -0.25) is 4.79 Å². The van der Waals surface area contributed by atoms with Gasteiger partial charge in [-0.2, -0.15) is 0 Å². The van der Waals surface area contributed by atoms with Gasteiger partial charge in [-0.25, -0.2) is 0 Å². The number of amides is 1. The van der Waals surface area contributed by atoms with E-state index in [-0.39, 0.29) is 5.91 Å². The third-order valence-electron chi connectivity index (χ3n) is 2.61. The molecule has 1 amide bonds. The van der Waals surface area contributed by atoms with Gasteiger partial charge >= 0.3 is 0 Å². The van der Waals surface area contributed by atoms with E-state index in [4.69, 9.17) is 0 Å². The maximum absolute atomic E-state index is 12.3. The van der Waals surface area contributed by atoms with Crippen molar-refractivity contribution in [3.63, 3.8) is 0 Å². The Hall–Kier alpha value is -0.650. The van der Waals surface area contributed by atoms with Crippen molar-refractivity contribution in [2.24, 2.45) is 0 Å². The lowest BCUT2D eigenvalue weighted by molar-refractivity contribution is 0.102. The van der Waals surface area contributed by atoms with E-state index < -0.39 is 0 Å². The molecule has 0 aliphatic carbocycles. The van der Waals surface area contributed by atoms with E-state index >= 15 is 0 Å². The first-order valence-electron chi connectivity index (χ1n) is 5.50. The number of anilines is 1. The van der Waals surface area contributed by atoms with Crippen molar-refractivity contribution in [2.45, 2.75) is 6.92 Å². The Morgan fingerprint density at radius 2 is 1.84 bits per heavy atom. The Bertz CT molecular complexity index is 641. The number of hydrogen-bond donors (Lipinski definition) is 1. The Balaban J connectivity index is 2.31. The van der Waals surface area contributed by atoms with E-state index in [0.29, 0.717) is 5.56 Å². The van der Waals surface area contributed by atoms with Gasteiger partial charge in [-0.1, -0.05) is 28.1 Å². The molecule has 19 heavy (non-hydrogen) atoms. The Morgan fingerprint density at radius 1 is 1.11 bits per heavy atom. The molecule has 0 fully saturated rings. The number of benzene rings is 2. The molecule has 0 bridgehead atoms. The zero-order chi connectivity index (χ0) is 14.0. The average Bonchev–Trinajstić information content (AvgIpc) is 2.38. The molecule has 1 N–H and O–H groups in total. The molecule has 0 aliphatic heterocycles. The Labute approximate surface area is 137 Å². The summed E-state index contributed by atoms with van der Waals surface area (Å²) < 4.78 is 2.52. The average molecular weight is 448 g/mol. The molecule has 0 aromatic heterocycles. The minimum absolute atomic E-state index is 0.153. The lowest BCUT2D eigenvalue weighted by Crippen LogP contribution is -2.13. The molecular formula is C14H10Br3NO. The highest BCUT2D eigenvalue weighted by atomic mass is 79.9. The molecule has 0 radical (unpaired) electrons. The molecule has 0 aliphatic rings. The normalized spacial score (nSPS) is 10.3. The van der Waals surface area contributed by atoms with Crippen molar-refractivity contribution in [1.82, 2.24) is 0 Å². The third-order valence-corrected chi connectivity index (χ3v) is 4.85. The van der Waals surface area contributed by atoms with E-state index in [9.17, 15) is 4.79 Å². The van der Waals surface area contributed by atoms with Crippen molar-refractivity contribution in [1.29, 1.82) is 0 Å². The number of carbonyl (C=O) groups is 1. The van der Waals surface area contributed by atoms with Gasteiger partial charge in [0.05, 0.1) is 11.3 Å². The summed E-state index contributed by atoms with van der Waals surface area (Å²) in [5.74, 6) is -0.153. The van der Waals surface area contributed by atoms with E-state index in [2.05, 4.69) is 53.1 Å². The van der Waals surface area contributed by atoms with Crippen LogP contribution in [-0.4, -0.2) is 5.91 Å². The second-order valence-electron chi connectivity index (χ2n) is 4.01. The van der Waals surface area contributed by atoms with Gasteiger partial charge in [-0.15, -0.1) is 0 Å². The summed E-state index contributed by atoms with van der Waals surface area (Å²) in [5, 5.41) is 2.90. The van der Waals surface area contributed by atoms with Crippen LogP contribution in [0.4, 0.5) is 5.69 Å². The molecule has 0 saturated carbocycles. The topological polar surface area (TPSA) is 29.1 Å². The highest BCUT2D eigenvalue weighted by molar-refractivity contribution is 9.11. The number of hydrogen-bond acceptors (Lipinski definition) is 1. The highest BCUT2D eigenvalue weighted by Crippen LogP contribution is 2.28. The molecule has 0 saturated heterocycles. The zero-order valence-electron chi connectivity index (χ0n) is 10.0. The molecule has 2 nitrogen and oxygen atoms in total. The summed E-state index contributed by atoms with van der Waals surface area (Å²) in [6.07, 6.45) is 0. The molecule has 2 rings (SSSR count). The van der Waals surface area contributed by atoms with Gasteiger partial charge < -0.3 is 5.32 Å². The second-order valence-corrected chi connectivity index (χ2v) is 6.58. The molecule has 0 heterocycles. The van der Waals surface area contributed by atoms with Crippen LogP contribution in [0.15, 0.2) is 49.8 Å². The number of carbonyl (C=O) groups excluding carboxylic acids is 1. The molecule has 2 aromatic rings. The van der Waals surface area contributed by atoms with E-state index in [1.165, 1.54) is 0 Å². The summed E-state index contributed by atoms with van der Waals surface area (Å²) in [4.78, 5) is 12.3. The van der Waals surface area contributed by atoms with Crippen molar-refractivity contribution >= 4 is 59.4 Å². The fourth-order valence-electron chi connectivity index (χ4n) is 1.61. The summed E-state index contributed by atoms with van der Waals surface area (Å²) in [6.45, 7) is 1.98. The smallest absolute Gasteiger partial charge is 0.256 e. The molecule has 0 atom stereocenters. The molecule has 98 valence electrons. The van der Waals surface area contributed by atoms with Crippen LogP contribution in [0.1, 0.15) is 15.9 Å². The molecule has 0 unspecified atom stereocenters. The lowest BCUT2D eigenvalue weighted by Gasteiger charge is -2.10. The van der Waals surface area contributed by atoms with Gasteiger partial charge in [0.2, 0.25) is 0 Å².